The van der Waals surface area contributed by atoms with Crippen LogP contribution in [-0.4, -0.2) is 52.4 Å². The van der Waals surface area contributed by atoms with Crippen LogP contribution in [0.25, 0.3) is 11.2 Å². The SMILES string of the molecule is CCOc1nc2cc(Cl)c(OCC3CC(OC[C@H](C)NC(C)=O)C3)nc2n1C. The first kappa shape index (κ1) is 20.7. The zero-order valence-electron chi connectivity index (χ0n) is 16.7. The van der Waals surface area contributed by atoms with Gasteiger partial charge in [-0.1, -0.05) is 11.6 Å². The number of amides is 1. The molecule has 1 amide bonds. The zero-order chi connectivity index (χ0) is 20.3. The summed E-state index contributed by atoms with van der Waals surface area (Å²) >= 11 is 6.30. The molecule has 28 heavy (non-hydrogen) atoms. The molecule has 3 rings (SSSR count). The summed E-state index contributed by atoms with van der Waals surface area (Å²) in [4.78, 5) is 19.9. The number of nitrogens with zero attached hydrogens (tertiary/aromatic N) is 3. The maximum absolute atomic E-state index is 11.0. The normalized spacial score (nSPS) is 19.9. The molecule has 2 heterocycles. The Morgan fingerprint density at radius 2 is 2.14 bits per heavy atom. The van der Waals surface area contributed by atoms with Crippen molar-refractivity contribution >= 4 is 28.7 Å². The molecule has 1 saturated carbocycles. The second kappa shape index (κ2) is 8.96. The molecule has 0 bridgehead atoms. The van der Waals surface area contributed by atoms with E-state index in [0.29, 0.717) is 53.8 Å². The van der Waals surface area contributed by atoms with E-state index < -0.39 is 0 Å². The number of hydrogen-bond acceptors (Lipinski definition) is 6. The predicted molar refractivity (Wildman–Crippen MR) is 106 cm³/mol. The Balaban J connectivity index is 1.49. The van der Waals surface area contributed by atoms with Crippen LogP contribution in [0.5, 0.6) is 11.9 Å². The molecule has 2 aromatic rings. The lowest BCUT2D eigenvalue weighted by molar-refractivity contribution is -0.120. The van der Waals surface area contributed by atoms with Crippen molar-refractivity contribution in [3.63, 3.8) is 0 Å². The fraction of sp³-hybridized carbons (Fsp3) is 0.632. The summed E-state index contributed by atoms with van der Waals surface area (Å²) in [5.41, 5.74) is 1.35. The molecule has 1 atom stereocenters. The van der Waals surface area contributed by atoms with Gasteiger partial charge < -0.3 is 19.5 Å². The van der Waals surface area contributed by atoms with Crippen molar-refractivity contribution in [3.8, 4) is 11.9 Å². The van der Waals surface area contributed by atoms with Crippen LogP contribution in [-0.2, 0) is 16.6 Å². The van der Waals surface area contributed by atoms with Gasteiger partial charge in [0, 0.05) is 20.0 Å². The molecule has 0 radical (unpaired) electrons. The lowest BCUT2D eigenvalue weighted by atomic mass is 9.83. The summed E-state index contributed by atoms with van der Waals surface area (Å²) in [6.07, 6.45) is 2.06. The minimum atomic E-state index is -0.0425. The number of carbonyl (C=O) groups excluding carboxylic acids is 1. The smallest absolute Gasteiger partial charge is 0.298 e. The molecule has 2 aromatic heterocycles. The topological polar surface area (TPSA) is 87.5 Å². The van der Waals surface area contributed by atoms with E-state index in [9.17, 15) is 4.79 Å². The summed E-state index contributed by atoms with van der Waals surface area (Å²) in [6, 6.07) is 2.27. The summed E-state index contributed by atoms with van der Waals surface area (Å²) in [6.45, 7) is 6.93. The monoisotopic (exact) mass is 410 g/mol. The molecular formula is C19H27ClN4O4. The first-order valence-corrected chi connectivity index (χ1v) is 9.92. The highest BCUT2D eigenvalue weighted by molar-refractivity contribution is 6.32. The Hall–Kier alpha value is -2.06. The van der Waals surface area contributed by atoms with E-state index in [1.54, 1.807) is 10.6 Å². The number of aryl methyl sites for hydroxylation is 1. The fourth-order valence-corrected chi connectivity index (χ4v) is 3.42. The van der Waals surface area contributed by atoms with Crippen LogP contribution in [0.4, 0.5) is 0 Å². The highest BCUT2D eigenvalue weighted by atomic mass is 35.5. The second-order valence-corrected chi connectivity index (χ2v) is 7.62. The van der Waals surface area contributed by atoms with Gasteiger partial charge in [0.05, 0.1) is 25.9 Å². The van der Waals surface area contributed by atoms with E-state index in [0.717, 1.165) is 12.8 Å². The maximum Gasteiger partial charge on any atom is 0.298 e. The van der Waals surface area contributed by atoms with Crippen molar-refractivity contribution in [2.75, 3.05) is 19.8 Å². The molecule has 1 fully saturated rings. The number of fused-ring (bicyclic) bond motifs is 1. The number of aromatic nitrogens is 3. The molecule has 0 spiro atoms. The van der Waals surface area contributed by atoms with Crippen LogP contribution in [0.2, 0.25) is 5.02 Å². The number of pyridine rings is 1. The lowest BCUT2D eigenvalue weighted by Gasteiger charge is -2.35. The molecule has 0 unspecified atom stereocenters. The molecule has 1 aliphatic rings. The Bertz CT molecular complexity index is 835. The van der Waals surface area contributed by atoms with Crippen molar-refractivity contribution in [1.82, 2.24) is 19.9 Å². The maximum atomic E-state index is 11.0. The van der Waals surface area contributed by atoms with Gasteiger partial charge >= 0.3 is 0 Å². The molecular weight excluding hydrogens is 384 g/mol. The average molecular weight is 411 g/mol. The third-order valence-corrected chi connectivity index (χ3v) is 4.95. The number of hydrogen-bond donors (Lipinski definition) is 1. The van der Waals surface area contributed by atoms with E-state index in [2.05, 4.69) is 15.3 Å². The first-order valence-electron chi connectivity index (χ1n) is 9.54. The number of halogens is 1. The van der Waals surface area contributed by atoms with E-state index >= 15 is 0 Å². The third kappa shape index (κ3) is 4.86. The fourth-order valence-electron chi connectivity index (χ4n) is 3.22. The van der Waals surface area contributed by atoms with Gasteiger partial charge in [-0.2, -0.15) is 9.97 Å². The number of imidazole rings is 1. The van der Waals surface area contributed by atoms with Gasteiger partial charge in [0.2, 0.25) is 11.8 Å². The molecule has 0 saturated heterocycles. The lowest BCUT2D eigenvalue weighted by Crippen LogP contribution is -2.40. The Kier molecular flexibility index (Phi) is 6.61. The van der Waals surface area contributed by atoms with Crippen LogP contribution >= 0.6 is 11.6 Å². The van der Waals surface area contributed by atoms with Crippen LogP contribution in [0.1, 0.15) is 33.6 Å². The molecule has 154 valence electrons. The average Bonchev–Trinajstić information content (AvgIpc) is 2.88. The molecule has 0 aliphatic heterocycles. The molecule has 9 heteroatoms. The number of carbonyl (C=O) groups is 1. The van der Waals surface area contributed by atoms with Crippen molar-refractivity contribution in [1.29, 1.82) is 0 Å². The Labute approximate surface area is 169 Å². The number of ether oxygens (including phenoxy) is 3. The Morgan fingerprint density at radius 1 is 1.39 bits per heavy atom. The molecule has 0 aromatic carbocycles. The molecule has 1 N–H and O–H groups in total. The van der Waals surface area contributed by atoms with Crippen molar-refractivity contribution in [2.45, 2.75) is 45.8 Å². The summed E-state index contributed by atoms with van der Waals surface area (Å²) in [5.74, 6) is 0.767. The van der Waals surface area contributed by atoms with Gasteiger partial charge in [-0.15, -0.1) is 0 Å². The highest BCUT2D eigenvalue weighted by Gasteiger charge is 2.31. The van der Waals surface area contributed by atoms with Crippen LogP contribution in [0, 0.1) is 5.92 Å². The zero-order valence-corrected chi connectivity index (χ0v) is 17.5. The van der Waals surface area contributed by atoms with Gasteiger partial charge in [-0.3, -0.25) is 9.36 Å². The second-order valence-electron chi connectivity index (χ2n) is 7.21. The standard InChI is InChI=1S/C19H27ClN4O4/c1-5-26-19-22-16-8-15(20)18(23-17(16)24(19)4)28-10-13-6-14(7-13)27-9-11(2)21-12(3)25/h8,11,13-14H,5-7,9-10H2,1-4H3,(H,21,25)/t11-,13?,14?/m0/s1. The van der Waals surface area contributed by atoms with Crippen LogP contribution in [0.3, 0.4) is 0 Å². The summed E-state index contributed by atoms with van der Waals surface area (Å²) in [7, 11) is 1.85. The highest BCUT2D eigenvalue weighted by Crippen LogP contribution is 2.33. The van der Waals surface area contributed by atoms with Gasteiger partial charge in [0.25, 0.3) is 6.01 Å². The van der Waals surface area contributed by atoms with Gasteiger partial charge in [-0.25, -0.2) is 0 Å². The van der Waals surface area contributed by atoms with Crippen molar-refractivity contribution in [3.05, 3.63) is 11.1 Å². The number of rotatable bonds is 9. The van der Waals surface area contributed by atoms with Gasteiger partial charge in [0.1, 0.15) is 10.5 Å². The van der Waals surface area contributed by atoms with Gasteiger partial charge in [-0.05, 0) is 38.7 Å². The van der Waals surface area contributed by atoms with Crippen LogP contribution < -0.4 is 14.8 Å². The largest absolute Gasteiger partial charge is 0.476 e. The van der Waals surface area contributed by atoms with Crippen molar-refractivity contribution in [2.24, 2.45) is 13.0 Å². The van der Waals surface area contributed by atoms with Gasteiger partial charge in [0.15, 0.2) is 5.65 Å². The Morgan fingerprint density at radius 3 is 2.82 bits per heavy atom. The molecule has 1 aliphatic carbocycles. The van der Waals surface area contributed by atoms with E-state index in [1.807, 2.05) is 20.9 Å². The first-order chi connectivity index (χ1) is 13.4. The predicted octanol–water partition coefficient (Wildman–Crippen LogP) is 2.72. The van der Waals surface area contributed by atoms with Crippen LogP contribution in [0.15, 0.2) is 6.07 Å². The minimum Gasteiger partial charge on any atom is -0.476 e. The number of nitrogens with one attached hydrogen (secondary N) is 1. The third-order valence-electron chi connectivity index (χ3n) is 4.68. The molecule has 8 nitrogen and oxygen atoms in total. The van der Waals surface area contributed by atoms with E-state index in [1.165, 1.54) is 6.92 Å². The van der Waals surface area contributed by atoms with E-state index in [4.69, 9.17) is 25.8 Å². The quantitative estimate of drug-likeness (QED) is 0.683. The van der Waals surface area contributed by atoms with Crippen molar-refractivity contribution < 1.29 is 19.0 Å². The van der Waals surface area contributed by atoms with E-state index in [-0.39, 0.29) is 18.1 Å². The summed E-state index contributed by atoms with van der Waals surface area (Å²) in [5, 5.41) is 3.25. The summed E-state index contributed by atoms with van der Waals surface area (Å²) < 4.78 is 18.9. The minimum absolute atomic E-state index is 0.0167.